The third kappa shape index (κ3) is 5.29. The van der Waals surface area contributed by atoms with Gasteiger partial charge in [-0.15, -0.1) is 11.3 Å². The van der Waals surface area contributed by atoms with Crippen LogP contribution in [-0.4, -0.2) is 45.1 Å². The highest BCUT2D eigenvalue weighted by molar-refractivity contribution is 7.93. The molecule has 0 spiro atoms. The normalized spacial score (nSPS) is 12.9. The lowest BCUT2D eigenvalue weighted by molar-refractivity contribution is -0.140. The Morgan fingerprint density at radius 1 is 1.02 bits per heavy atom. The highest BCUT2D eigenvalue weighted by atomic mass is 35.5. The number of sulfonamides is 1. The number of aliphatic carboxylic acids is 1. The van der Waals surface area contributed by atoms with Gasteiger partial charge in [0.25, 0.3) is 10.0 Å². The Morgan fingerprint density at radius 2 is 1.75 bits per heavy atom. The Labute approximate surface area is 244 Å². The number of rotatable bonds is 7. The number of benzene rings is 2. The van der Waals surface area contributed by atoms with Gasteiger partial charge in [0.15, 0.2) is 10.8 Å². The third-order valence-corrected chi connectivity index (χ3v) is 9.10. The summed E-state index contributed by atoms with van der Waals surface area (Å²) in [5.41, 5.74) is -0.0665. The summed E-state index contributed by atoms with van der Waals surface area (Å²) in [5, 5.41) is 13.7. The Hall–Kier alpha value is -3.51. The fourth-order valence-electron chi connectivity index (χ4n) is 4.43. The third-order valence-electron chi connectivity index (χ3n) is 6.12. The first-order chi connectivity index (χ1) is 18.9. The Balaban J connectivity index is 1.66. The average Bonchev–Trinajstić information content (AvgIpc) is 3.56. The first-order valence-electron chi connectivity index (χ1n) is 11.9. The summed E-state index contributed by atoms with van der Waals surface area (Å²) in [4.78, 5) is 25.6. The van der Waals surface area contributed by atoms with Crippen LogP contribution in [0.2, 0.25) is 10.0 Å². The molecule has 3 aromatic heterocycles. The smallest absolute Gasteiger partial charge is 0.328 e. The zero-order valence-corrected chi connectivity index (χ0v) is 24.6. The number of nitrogens with zero attached hydrogens (tertiary/aromatic N) is 5. The molecular formula is C27H23Cl2N5O4S2. The van der Waals surface area contributed by atoms with Gasteiger partial charge in [-0.2, -0.15) is 0 Å². The number of carboxylic acid groups (broad SMARTS) is 1. The molecule has 0 radical (unpaired) electrons. The predicted octanol–water partition coefficient (Wildman–Crippen LogP) is 6.55. The van der Waals surface area contributed by atoms with E-state index >= 15 is 0 Å². The SMILES string of the molecule is CC(C)(C)C(C(=O)O)N(c1ccc2c(ccn2-c2ccnc(-c3nccs3)n2)c1)S(=O)(=O)c1cc(Cl)cc(Cl)c1. The Kier molecular flexibility index (Phi) is 7.34. The summed E-state index contributed by atoms with van der Waals surface area (Å²) in [6.45, 7) is 5.01. The number of halogens is 2. The standard InChI is InChI=1S/C27H23Cl2N5O4S2/c1-27(2,3)23(26(35)36)34(40(37,38)20-14-17(28)13-18(29)15-20)19-4-5-21-16(12-19)7-10-33(21)22-6-8-30-24(32-22)25-31-9-11-39-25/h4-15,23H,1-3H3,(H,35,36). The maximum Gasteiger partial charge on any atom is 0.328 e. The van der Waals surface area contributed by atoms with Crippen molar-refractivity contribution < 1.29 is 18.3 Å². The molecule has 5 aromatic rings. The second kappa shape index (κ2) is 10.5. The second-order valence-electron chi connectivity index (χ2n) is 10.0. The first kappa shape index (κ1) is 28.0. The average molecular weight is 617 g/mol. The van der Waals surface area contributed by atoms with Gasteiger partial charge in [0.1, 0.15) is 11.9 Å². The van der Waals surface area contributed by atoms with Gasteiger partial charge >= 0.3 is 5.97 Å². The molecule has 0 aliphatic heterocycles. The van der Waals surface area contributed by atoms with Crippen molar-refractivity contribution in [1.29, 1.82) is 0 Å². The summed E-state index contributed by atoms with van der Waals surface area (Å²) in [6, 6.07) is 11.0. The number of aromatic nitrogens is 4. The van der Waals surface area contributed by atoms with Gasteiger partial charge < -0.3 is 9.67 Å². The molecule has 0 aliphatic rings. The lowest BCUT2D eigenvalue weighted by Gasteiger charge is -2.37. The van der Waals surface area contributed by atoms with Crippen LogP contribution >= 0.6 is 34.5 Å². The van der Waals surface area contributed by atoms with Crippen LogP contribution in [0.5, 0.6) is 0 Å². The van der Waals surface area contributed by atoms with Crippen LogP contribution in [0.25, 0.3) is 27.6 Å². The molecule has 13 heteroatoms. The van der Waals surface area contributed by atoms with Crippen molar-refractivity contribution in [2.24, 2.45) is 5.41 Å². The molecule has 2 aromatic carbocycles. The van der Waals surface area contributed by atoms with Gasteiger partial charge in [-0.25, -0.2) is 28.2 Å². The quantitative estimate of drug-likeness (QED) is 0.220. The fraction of sp³-hybridized carbons (Fsp3) is 0.185. The van der Waals surface area contributed by atoms with E-state index in [0.717, 1.165) is 9.82 Å². The molecule has 40 heavy (non-hydrogen) atoms. The monoisotopic (exact) mass is 615 g/mol. The molecule has 5 rings (SSSR count). The summed E-state index contributed by atoms with van der Waals surface area (Å²) >= 11 is 13.7. The summed E-state index contributed by atoms with van der Waals surface area (Å²) in [5.74, 6) is -0.213. The van der Waals surface area contributed by atoms with Crippen molar-refractivity contribution in [3.05, 3.63) is 82.5 Å². The number of thiazole rings is 1. The molecule has 9 nitrogen and oxygen atoms in total. The molecule has 0 bridgehead atoms. The molecule has 0 amide bonds. The van der Waals surface area contributed by atoms with Crippen LogP contribution in [0.15, 0.2) is 77.4 Å². The molecule has 1 atom stereocenters. The number of hydrogen-bond donors (Lipinski definition) is 1. The number of anilines is 1. The van der Waals surface area contributed by atoms with Crippen molar-refractivity contribution in [2.75, 3.05) is 4.31 Å². The zero-order chi connectivity index (χ0) is 28.8. The van der Waals surface area contributed by atoms with Crippen molar-refractivity contribution in [1.82, 2.24) is 19.5 Å². The highest BCUT2D eigenvalue weighted by Gasteiger charge is 2.43. The molecule has 0 saturated heterocycles. The molecular weight excluding hydrogens is 593 g/mol. The van der Waals surface area contributed by atoms with Crippen LogP contribution in [-0.2, 0) is 14.8 Å². The van der Waals surface area contributed by atoms with E-state index in [2.05, 4.69) is 15.0 Å². The van der Waals surface area contributed by atoms with E-state index in [4.69, 9.17) is 23.2 Å². The summed E-state index contributed by atoms with van der Waals surface area (Å²) < 4.78 is 30.9. The van der Waals surface area contributed by atoms with Crippen LogP contribution in [0.4, 0.5) is 5.69 Å². The van der Waals surface area contributed by atoms with Crippen LogP contribution in [0, 0.1) is 5.41 Å². The second-order valence-corrected chi connectivity index (χ2v) is 13.6. The van der Waals surface area contributed by atoms with E-state index in [9.17, 15) is 18.3 Å². The van der Waals surface area contributed by atoms with E-state index in [-0.39, 0.29) is 20.6 Å². The van der Waals surface area contributed by atoms with Crippen LogP contribution in [0.1, 0.15) is 20.8 Å². The van der Waals surface area contributed by atoms with Crippen molar-refractivity contribution in [2.45, 2.75) is 31.7 Å². The maximum absolute atomic E-state index is 14.1. The lowest BCUT2D eigenvalue weighted by Crippen LogP contribution is -2.52. The van der Waals surface area contributed by atoms with E-state index in [1.807, 2.05) is 9.95 Å². The number of fused-ring (bicyclic) bond motifs is 1. The lowest BCUT2D eigenvalue weighted by atomic mass is 9.86. The Morgan fingerprint density at radius 3 is 2.38 bits per heavy atom. The summed E-state index contributed by atoms with van der Waals surface area (Å²) in [7, 11) is -4.42. The number of carboxylic acids is 1. The largest absolute Gasteiger partial charge is 0.480 e. The van der Waals surface area contributed by atoms with Gasteiger partial charge in [-0.05, 0) is 53.9 Å². The van der Waals surface area contributed by atoms with Gasteiger partial charge in [-0.3, -0.25) is 4.31 Å². The number of hydrogen-bond acceptors (Lipinski definition) is 7. The minimum atomic E-state index is -4.42. The molecule has 0 fully saturated rings. The molecule has 3 heterocycles. The fourth-order valence-corrected chi connectivity index (χ4v) is 7.51. The summed E-state index contributed by atoms with van der Waals surface area (Å²) in [6.07, 6.45) is 5.13. The molecule has 1 unspecified atom stereocenters. The van der Waals surface area contributed by atoms with Crippen molar-refractivity contribution in [3.8, 4) is 16.6 Å². The van der Waals surface area contributed by atoms with E-state index in [1.165, 1.54) is 29.5 Å². The predicted molar refractivity (Wildman–Crippen MR) is 157 cm³/mol. The number of carbonyl (C=O) groups is 1. The van der Waals surface area contributed by atoms with E-state index in [0.29, 0.717) is 22.0 Å². The van der Waals surface area contributed by atoms with Crippen molar-refractivity contribution in [3.63, 3.8) is 0 Å². The van der Waals surface area contributed by atoms with Crippen molar-refractivity contribution >= 4 is 67.1 Å². The van der Waals surface area contributed by atoms with E-state index < -0.39 is 27.4 Å². The highest BCUT2D eigenvalue weighted by Crippen LogP contribution is 2.37. The molecule has 1 N–H and O–H groups in total. The minimum absolute atomic E-state index is 0.114. The van der Waals surface area contributed by atoms with Crippen LogP contribution in [0.3, 0.4) is 0 Å². The van der Waals surface area contributed by atoms with Gasteiger partial charge in [0, 0.05) is 39.4 Å². The van der Waals surface area contributed by atoms with Gasteiger partial charge in [-0.1, -0.05) is 44.0 Å². The van der Waals surface area contributed by atoms with Gasteiger partial charge in [0.05, 0.1) is 16.1 Å². The Bertz CT molecular complexity index is 1810. The molecule has 0 saturated carbocycles. The van der Waals surface area contributed by atoms with Gasteiger partial charge in [0.2, 0.25) is 0 Å². The topological polar surface area (TPSA) is 118 Å². The van der Waals surface area contributed by atoms with E-state index in [1.54, 1.807) is 69.7 Å². The maximum atomic E-state index is 14.1. The first-order valence-corrected chi connectivity index (χ1v) is 15.0. The minimum Gasteiger partial charge on any atom is -0.480 e. The van der Waals surface area contributed by atoms with Crippen LogP contribution < -0.4 is 4.31 Å². The molecule has 0 aliphatic carbocycles. The zero-order valence-electron chi connectivity index (χ0n) is 21.5. The molecule has 206 valence electrons.